The molecule has 2 heterocycles. The summed E-state index contributed by atoms with van der Waals surface area (Å²) >= 11 is 0. The molecule has 0 aliphatic carbocycles. The van der Waals surface area contributed by atoms with Gasteiger partial charge in [-0.15, -0.1) is 0 Å². The van der Waals surface area contributed by atoms with Gasteiger partial charge in [0.15, 0.2) is 23.0 Å². The summed E-state index contributed by atoms with van der Waals surface area (Å²) in [5, 5.41) is 1.73. The van der Waals surface area contributed by atoms with E-state index in [0.717, 1.165) is 27.4 Å². The average molecular weight is 365 g/mol. The van der Waals surface area contributed by atoms with Gasteiger partial charge in [0.05, 0.1) is 37.7 Å². The highest BCUT2D eigenvalue weighted by Gasteiger charge is 2.22. The molecule has 0 saturated carbocycles. The molecule has 0 amide bonds. The molecular weight excluding hydrogens is 346 g/mol. The molecule has 6 heteroatoms. The van der Waals surface area contributed by atoms with Crippen LogP contribution in [-0.2, 0) is 0 Å². The number of aromatic nitrogens is 1. The minimum atomic E-state index is 0.202. The molecule has 4 rings (SSSR count). The molecule has 0 saturated heterocycles. The number of nitrogens with zero attached hydrogens (tertiary/aromatic N) is 1. The number of benzene rings is 2. The van der Waals surface area contributed by atoms with E-state index in [0.29, 0.717) is 28.7 Å². The van der Waals surface area contributed by atoms with E-state index in [1.54, 1.807) is 27.4 Å². The van der Waals surface area contributed by atoms with Crippen LogP contribution in [0.1, 0.15) is 5.56 Å². The van der Waals surface area contributed by atoms with Crippen molar-refractivity contribution in [3.8, 4) is 28.7 Å². The lowest BCUT2D eigenvalue weighted by Crippen LogP contribution is -1.99. The van der Waals surface area contributed by atoms with Gasteiger partial charge in [-0.25, -0.2) is 4.98 Å². The molecule has 0 atom stereocenters. The summed E-state index contributed by atoms with van der Waals surface area (Å²) in [4.78, 5) is 4.81. The Balaban J connectivity index is 2.19. The SMILES string of the molecule is C=C/C=C/c1c2cc3c(cc2nc2cc(OC)c(OC)c(OC)c12)OCO3. The molecule has 0 fully saturated rings. The van der Waals surface area contributed by atoms with Gasteiger partial charge in [-0.2, -0.15) is 0 Å². The van der Waals surface area contributed by atoms with E-state index in [-0.39, 0.29) is 6.79 Å². The third-order valence-electron chi connectivity index (χ3n) is 4.50. The first-order chi connectivity index (χ1) is 13.2. The maximum Gasteiger partial charge on any atom is 0.231 e. The summed E-state index contributed by atoms with van der Waals surface area (Å²) < 4.78 is 27.8. The number of pyridine rings is 1. The summed E-state index contributed by atoms with van der Waals surface area (Å²) in [5.74, 6) is 3.00. The zero-order valence-corrected chi connectivity index (χ0v) is 15.4. The smallest absolute Gasteiger partial charge is 0.231 e. The maximum absolute atomic E-state index is 5.69. The third kappa shape index (κ3) is 2.61. The van der Waals surface area contributed by atoms with E-state index in [2.05, 4.69) is 6.58 Å². The topological polar surface area (TPSA) is 59.0 Å². The summed E-state index contributed by atoms with van der Waals surface area (Å²) in [6.07, 6.45) is 5.56. The van der Waals surface area contributed by atoms with Gasteiger partial charge in [-0.3, -0.25) is 0 Å². The molecule has 1 aliphatic heterocycles. The fraction of sp³-hybridized carbons (Fsp3) is 0.190. The van der Waals surface area contributed by atoms with Gasteiger partial charge in [0.25, 0.3) is 0 Å². The third-order valence-corrected chi connectivity index (χ3v) is 4.50. The molecule has 3 aromatic rings. The van der Waals surface area contributed by atoms with E-state index in [1.165, 1.54) is 0 Å². The monoisotopic (exact) mass is 365 g/mol. The number of methoxy groups -OCH3 is 3. The van der Waals surface area contributed by atoms with Crippen molar-refractivity contribution < 1.29 is 23.7 Å². The molecular formula is C21H19NO5. The number of allylic oxidation sites excluding steroid dienone is 2. The number of fused-ring (bicyclic) bond motifs is 3. The van der Waals surface area contributed by atoms with Crippen LogP contribution in [0.25, 0.3) is 27.9 Å². The van der Waals surface area contributed by atoms with Crippen LogP contribution >= 0.6 is 0 Å². The van der Waals surface area contributed by atoms with E-state index in [9.17, 15) is 0 Å². The van der Waals surface area contributed by atoms with Crippen molar-refractivity contribution in [3.63, 3.8) is 0 Å². The van der Waals surface area contributed by atoms with E-state index >= 15 is 0 Å². The molecule has 1 aliphatic rings. The molecule has 0 N–H and O–H groups in total. The van der Waals surface area contributed by atoms with Gasteiger partial charge < -0.3 is 23.7 Å². The zero-order chi connectivity index (χ0) is 19.0. The van der Waals surface area contributed by atoms with Gasteiger partial charge in [-0.05, 0) is 11.6 Å². The van der Waals surface area contributed by atoms with Crippen LogP contribution in [-0.4, -0.2) is 33.1 Å². The lowest BCUT2D eigenvalue weighted by molar-refractivity contribution is 0.174. The van der Waals surface area contributed by atoms with Gasteiger partial charge in [-0.1, -0.05) is 24.8 Å². The van der Waals surface area contributed by atoms with Crippen LogP contribution in [0.15, 0.2) is 36.9 Å². The predicted molar refractivity (Wildman–Crippen MR) is 104 cm³/mol. The lowest BCUT2D eigenvalue weighted by atomic mass is 10.00. The van der Waals surface area contributed by atoms with Crippen LogP contribution in [0.5, 0.6) is 28.7 Å². The minimum absolute atomic E-state index is 0.202. The van der Waals surface area contributed by atoms with Crippen LogP contribution in [0.2, 0.25) is 0 Å². The summed E-state index contributed by atoms with van der Waals surface area (Å²) in [5.41, 5.74) is 2.43. The molecule has 0 unspecified atom stereocenters. The molecule has 6 nitrogen and oxygen atoms in total. The Morgan fingerprint density at radius 2 is 1.70 bits per heavy atom. The normalized spacial score (nSPS) is 12.7. The largest absolute Gasteiger partial charge is 0.493 e. The van der Waals surface area contributed by atoms with Gasteiger partial charge in [0, 0.05) is 17.5 Å². The lowest BCUT2D eigenvalue weighted by Gasteiger charge is -2.17. The Morgan fingerprint density at radius 3 is 2.37 bits per heavy atom. The number of ether oxygens (including phenoxy) is 5. The van der Waals surface area contributed by atoms with Crippen LogP contribution in [0.4, 0.5) is 0 Å². The average Bonchev–Trinajstić information content (AvgIpc) is 3.15. The summed E-state index contributed by atoms with van der Waals surface area (Å²) in [6, 6.07) is 5.65. The molecule has 0 spiro atoms. The Hall–Kier alpha value is -3.41. The minimum Gasteiger partial charge on any atom is -0.493 e. The predicted octanol–water partition coefficient (Wildman–Crippen LogP) is 4.34. The Morgan fingerprint density at radius 1 is 0.963 bits per heavy atom. The Bertz CT molecular complexity index is 1090. The van der Waals surface area contributed by atoms with E-state index in [1.807, 2.05) is 30.4 Å². The summed E-state index contributed by atoms with van der Waals surface area (Å²) in [6.45, 7) is 3.98. The molecule has 0 radical (unpaired) electrons. The molecule has 1 aromatic heterocycles. The highest BCUT2D eigenvalue weighted by atomic mass is 16.7. The second-order valence-corrected chi connectivity index (χ2v) is 5.88. The second-order valence-electron chi connectivity index (χ2n) is 5.88. The molecule has 138 valence electrons. The molecule has 2 aromatic carbocycles. The maximum atomic E-state index is 5.69. The zero-order valence-electron chi connectivity index (χ0n) is 15.4. The van der Waals surface area contributed by atoms with Crippen molar-refractivity contribution in [1.82, 2.24) is 4.98 Å². The first-order valence-electron chi connectivity index (χ1n) is 8.37. The van der Waals surface area contributed by atoms with Crippen LogP contribution < -0.4 is 23.7 Å². The Labute approximate surface area is 156 Å². The quantitative estimate of drug-likeness (QED) is 0.495. The van der Waals surface area contributed by atoms with Crippen molar-refractivity contribution >= 4 is 27.9 Å². The van der Waals surface area contributed by atoms with Crippen molar-refractivity contribution in [1.29, 1.82) is 0 Å². The van der Waals surface area contributed by atoms with Gasteiger partial charge in [0.2, 0.25) is 12.5 Å². The van der Waals surface area contributed by atoms with Crippen LogP contribution in [0, 0.1) is 0 Å². The Kier molecular flexibility index (Phi) is 4.24. The molecule has 0 bridgehead atoms. The number of rotatable bonds is 5. The number of hydrogen-bond donors (Lipinski definition) is 0. The summed E-state index contributed by atoms with van der Waals surface area (Å²) in [7, 11) is 4.76. The van der Waals surface area contributed by atoms with Crippen LogP contribution in [0.3, 0.4) is 0 Å². The fourth-order valence-electron chi connectivity index (χ4n) is 3.33. The van der Waals surface area contributed by atoms with Gasteiger partial charge in [0.1, 0.15) is 0 Å². The van der Waals surface area contributed by atoms with E-state index in [4.69, 9.17) is 28.7 Å². The molecule has 27 heavy (non-hydrogen) atoms. The van der Waals surface area contributed by atoms with Crippen molar-refractivity contribution in [2.45, 2.75) is 0 Å². The van der Waals surface area contributed by atoms with Crippen molar-refractivity contribution in [2.24, 2.45) is 0 Å². The van der Waals surface area contributed by atoms with E-state index < -0.39 is 0 Å². The first kappa shape index (κ1) is 17.0. The highest BCUT2D eigenvalue weighted by Crippen LogP contribution is 2.47. The van der Waals surface area contributed by atoms with Crippen molar-refractivity contribution in [3.05, 3.63) is 42.5 Å². The highest BCUT2D eigenvalue weighted by molar-refractivity contribution is 6.08. The first-order valence-corrected chi connectivity index (χ1v) is 8.37. The standard InChI is InChI=1S/C21H19NO5/c1-5-6-7-12-13-8-16-17(27-11-26-16)9-14(13)22-15-10-18(23-2)20(24-3)21(25-4)19(12)15/h5-10H,1,11H2,2-4H3/b7-6+. The van der Waals surface area contributed by atoms with Gasteiger partial charge >= 0.3 is 0 Å². The second kappa shape index (κ2) is 6.72. The van der Waals surface area contributed by atoms with Crippen molar-refractivity contribution in [2.75, 3.05) is 28.1 Å². The fourth-order valence-corrected chi connectivity index (χ4v) is 3.33. The number of hydrogen-bond acceptors (Lipinski definition) is 6.